The molecule has 1 N–H and O–H groups in total. The Hall–Kier alpha value is -2.99. The first-order chi connectivity index (χ1) is 12.6. The van der Waals surface area contributed by atoms with Crippen molar-refractivity contribution in [2.45, 2.75) is 26.6 Å². The molecule has 0 aliphatic rings. The minimum Gasteiger partial charge on any atom is -0.380 e. The highest BCUT2D eigenvalue weighted by molar-refractivity contribution is 5.81. The highest BCUT2D eigenvalue weighted by atomic mass is 16.5. The first-order valence-electron chi connectivity index (χ1n) is 8.37. The maximum Gasteiger partial charge on any atom is 0.261 e. The van der Waals surface area contributed by atoms with E-state index >= 15 is 0 Å². The van der Waals surface area contributed by atoms with Crippen LogP contribution in [0.1, 0.15) is 16.7 Å². The van der Waals surface area contributed by atoms with Gasteiger partial charge in [-0.25, -0.2) is 4.98 Å². The van der Waals surface area contributed by atoms with Gasteiger partial charge in [0.05, 0.1) is 23.8 Å². The van der Waals surface area contributed by atoms with Gasteiger partial charge in [0.25, 0.3) is 5.56 Å². The molecule has 0 aliphatic heterocycles. The van der Waals surface area contributed by atoms with Gasteiger partial charge < -0.3 is 10.1 Å². The predicted molar refractivity (Wildman–Crippen MR) is 99.7 cm³/mol. The fourth-order valence-corrected chi connectivity index (χ4v) is 2.88. The Kier molecular flexibility index (Phi) is 5.43. The molecule has 0 aliphatic carbocycles. The van der Waals surface area contributed by atoms with E-state index in [1.165, 1.54) is 10.9 Å². The molecule has 26 heavy (non-hydrogen) atoms. The minimum atomic E-state index is -0.242. The molecule has 0 fully saturated rings. The number of hydrogen-bond donors (Lipinski definition) is 1. The lowest BCUT2D eigenvalue weighted by Crippen LogP contribution is -2.32. The molecule has 0 spiro atoms. The summed E-state index contributed by atoms with van der Waals surface area (Å²) in [6, 6.07) is 13.2. The quantitative estimate of drug-likeness (QED) is 0.739. The molecule has 1 aromatic heterocycles. The van der Waals surface area contributed by atoms with Crippen molar-refractivity contribution in [3.8, 4) is 0 Å². The molecule has 0 saturated carbocycles. The fraction of sp³-hybridized carbons (Fsp3) is 0.250. The second kappa shape index (κ2) is 7.93. The van der Waals surface area contributed by atoms with Gasteiger partial charge in [0.2, 0.25) is 5.91 Å². The van der Waals surface area contributed by atoms with E-state index in [4.69, 9.17) is 4.74 Å². The first-order valence-corrected chi connectivity index (χ1v) is 8.37. The van der Waals surface area contributed by atoms with Gasteiger partial charge in [-0.05, 0) is 29.7 Å². The van der Waals surface area contributed by atoms with E-state index in [9.17, 15) is 9.59 Å². The van der Waals surface area contributed by atoms with Gasteiger partial charge in [-0.3, -0.25) is 14.2 Å². The van der Waals surface area contributed by atoms with Gasteiger partial charge >= 0.3 is 0 Å². The lowest BCUT2D eigenvalue weighted by Gasteiger charge is -2.11. The first kappa shape index (κ1) is 17.8. The Morgan fingerprint density at radius 2 is 1.92 bits per heavy atom. The predicted octanol–water partition coefficient (Wildman–Crippen LogP) is 2.17. The Labute approximate surface area is 151 Å². The number of hydrogen-bond acceptors (Lipinski definition) is 4. The van der Waals surface area contributed by atoms with Gasteiger partial charge in [-0.1, -0.05) is 36.4 Å². The molecule has 2 aromatic carbocycles. The molecule has 6 nitrogen and oxygen atoms in total. The average molecular weight is 351 g/mol. The summed E-state index contributed by atoms with van der Waals surface area (Å²) in [5.41, 5.74) is 3.40. The van der Waals surface area contributed by atoms with Crippen LogP contribution in [0.3, 0.4) is 0 Å². The number of fused-ring (bicyclic) bond motifs is 1. The maximum atomic E-state index is 12.6. The summed E-state index contributed by atoms with van der Waals surface area (Å²) in [7, 11) is 1.64. The van der Waals surface area contributed by atoms with Crippen LogP contribution in [0.25, 0.3) is 10.9 Å². The van der Waals surface area contributed by atoms with Crippen molar-refractivity contribution in [1.82, 2.24) is 14.9 Å². The Morgan fingerprint density at radius 3 is 2.69 bits per heavy atom. The third-order valence-electron chi connectivity index (χ3n) is 4.26. The van der Waals surface area contributed by atoms with Crippen molar-refractivity contribution >= 4 is 16.8 Å². The average Bonchev–Trinajstić information content (AvgIpc) is 2.64. The summed E-state index contributed by atoms with van der Waals surface area (Å²) in [5, 5.41) is 3.37. The number of methoxy groups -OCH3 is 1. The van der Waals surface area contributed by atoms with E-state index in [-0.39, 0.29) is 18.0 Å². The molecule has 0 radical (unpaired) electrons. The number of carbonyl (C=O) groups excluding carboxylic acids is 1. The highest BCUT2D eigenvalue weighted by Gasteiger charge is 2.10. The number of nitrogens with one attached hydrogen (secondary N) is 1. The summed E-state index contributed by atoms with van der Waals surface area (Å²) in [5.74, 6) is -0.242. The Morgan fingerprint density at radius 1 is 1.15 bits per heavy atom. The van der Waals surface area contributed by atoms with Crippen LogP contribution in [-0.2, 0) is 29.2 Å². The van der Waals surface area contributed by atoms with E-state index in [1.54, 1.807) is 13.2 Å². The largest absolute Gasteiger partial charge is 0.380 e. The lowest BCUT2D eigenvalue weighted by atomic mass is 10.1. The smallest absolute Gasteiger partial charge is 0.261 e. The molecule has 134 valence electrons. The zero-order valence-corrected chi connectivity index (χ0v) is 14.9. The minimum absolute atomic E-state index is 0.0673. The number of benzene rings is 2. The van der Waals surface area contributed by atoms with Crippen molar-refractivity contribution in [3.63, 3.8) is 0 Å². The SMILES string of the molecule is COCc1ccccc1CNC(=O)Cn1cnc2c(C)cccc2c1=O. The molecular formula is C20H21N3O3. The zero-order chi connectivity index (χ0) is 18.5. The van der Waals surface area contributed by atoms with Crippen LogP contribution in [0.2, 0.25) is 0 Å². The van der Waals surface area contributed by atoms with Crippen LogP contribution in [-0.4, -0.2) is 22.6 Å². The van der Waals surface area contributed by atoms with Gasteiger partial charge in [-0.2, -0.15) is 0 Å². The number of rotatable bonds is 6. The molecule has 0 unspecified atom stereocenters. The topological polar surface area (TPSA) is 73.2 Å². The molecule has 0 bridgehead atoms. The molecule has 0 atom stereocenters. The molecule has 1 heterocycles. The van der Waals surface area contributed by atoms with Crippen LogP contribution in [0, 0.1) is 6.92 Å². The van der Waals surface area contributed by atoms with Crippen molar-refractivity contribution < 1.29 is 9.53 Å². The molecular weight excluding hydrogens is 330 g/mol. The van der Waals surface area contributed by atoms with E-state index in [1.807, 2.05) is 43.3 Å². The summed E-state index contributed by atoms with van der Waals surface area (Å²) < 4.78 is 6.50. The highest BCUT2D eigenvalue weighted by Crippen LogP contribution is 2.11. The van der Waals surface area contributed by atoms with Gasteiger partial charge in [-0.15, -0.1) is 0 Å². The second-order valence-corrected chi connectivity index (χ2v) is 6.13. The third kappa shape index (κ3) is 3.81. The van der Waals surface area contributed by atoms with Gasteiger partial charge in [0.1, 0.15) is 6.54 Å². The second-order valence-electron chi connectivity index (χ2n) is 6.13. The van der Waals surface area contributed by atoms with Crippen LogP contribution in [0.5, 0.6) is 0 Å². The molecule has 0 saturated heterocycles. The van der Waals surface area contributed by atoms with Crippen LogP contribution >= 0.6 is 0 Å². The summed E-state index contributed by atoms with van der Waals surface area (Å²) in [6.45, 7) is 2.71. The standard InChI is InChI=1S/C20H21N3O3/c1-14-6-5-9-17-19(14)22-13-23(20(17)25)11-18(24)21-10-15-7-3-4-8-16(15)12-26-2/h3-9,13H,10-12H2,1-2H3,(H,21,24). The normalized spacial score (nSPS) is 10.8. The van der Waals surface area contributed by atoms with E-state index in [0.717, 1.165) is 16.7 Å². The van der Waals surface area contributed by atoms with Crippen LogP contribution in [0.15, 0.2) is 53.6 Å². The van der Waals surface area contributed by atoms with Crippen molar-refractivity contribution in [1.29, 1.82) is 0 Å². The molecule has 1 amide bonds. The maximum absolute atomic E-state index is 12.6. The molecule has 6 heteroatoms. The van der Waals surface area contributed by atoms with E-state index in [0.29, 0.717) is 24.1 Å². The number of amides is 1. The summed E-state index contributed by atoms with van der Waals surface area (Å²) >= 11 is 0. The Balaban J connectivity index is 1.72. The monoisotopic (exact) mass is 351 g/mol. The number of ether oxygens (including phenoxy) is 1. The Bertz CT molecular complexity index is 995. The number of aryl methyl sites for hydroxylation is 1. The summed E-state index contributed by atoms with van der Waals surface area (Å²) in [6.07, 6.45) is 1.43. The number of para-hydroxylation sites is 1. The molecule has 3 rings (SSSR count). The fourth-order valence-electron chi connectivity index (χ4n) is 2.88. The zero-order valence-electron chi connectivity index (χ0n) is 14.9. The van der Waals surface area contributed by atoms with Gasteiger partial charge in [0.15, 0.2) is 0 Å². The van der Waals surface area contributed by atoms with E-state index in [2.05, 4.69) is 10.3 Å². The molecule has 3 aromatic rings. The van der Waals surface area contributed by atoms with E-state index < -0.39 is 0 Å². The lowest BCUT2D eigenvalue weighted by molar-refractivity contribution is -0.121. The van der Waals surface area contributed by atoms with Crippen molar-refractivity contribution in [2.75, 3.05) is 7.11 Å². The third-order valence-corrected chi connectivity index (χ3v) is 4.26. The van der Waals surface area contributed by atoms with Crippen LogP contribution < -0.4 is 10.9 Å². The number of carbonyl (C=O) groups is 1. The summed E-state index contributed by atoms with van der Waals surface area (Å²) in [4.78, 5) is 29.2. The van der Waals surface area contributed by atoms with Gasteiger partial charge in [0, 0.05) is 13.7 Å². The van der Waals surface area contributed by atoms with Crippen molar-refractivity contribution in [2.24, 2.45) is 0 Å². The van der Waals surface area contributed by atoms with Crippen LogP contribution in [0.4, 0.5) is 0 Å². The van der Waals surface area contributed by atoms with Crippen molar-refractivity contribution in [3.05, 3.63) is 75.8 Å². The number of nitrogens with zero attached hydrogens (tertiary/aromatic N) is 2. The number of aromatic nitrogens is 2.